The third-order valence-electron chi connectivity index (χ3n) is 6.91. The summed E-state index contributed by atoms with van der Waals surface area (Å²) in [6, 6.07) is 11.7. The van der Waals surface area contributed by atoms with E-state index < -0.39 is 35.0 Å². The van der Waals surface area contributed by atoms with Gasteiger partial charge in [0.15, 0.2) is 11.4 Å². The van der Waals surface area contributed by atoms with E-state index in [0.29, 0.717) is 22.8 Å². The fraction of sp³-hybridized carbons (Fsp3) is 0.148. The van der Waals surface area contributed by atoms with Crippen LogP contribution in [0.5, 0.6) is 0 Å². The van der Waals surface area contributed by atoms with Crippen molar-refractivity contribution in [3.63, 3.8) is 0 Å². The van der Waals surface area contributed by atoms with Crippen molar-refractivity contribution in [3.8, 4) is 5.82 Å². The van der Waals surface area contributed by atoms with Crippen LogP contribution in [0.2, 0.25) is 5.02 Å². The second kappa shape index (κ2) is 9.06. The minimum absolute atomic E-state index is 0.0183. The highest BCUT2D eigenvalue weighted by atomic mass is 35.5. The Morgan fingerprint density at radius 2 is 1.83 bits per heavy atom. The number of hydrogen-bond acceptors (Lipinski definition) is 7. The molecule has 208 valence electrons. The Hall–Kier alpha value is -4.91. The van der Waals surface area contributed by atoms with Gasteiger partial charge in [0.2, 0.25) is 5.60 Å². The maximum absolute atomic E-state index is 13.8. The number of halogens is 4. The lowest BCUT2D eigenvalue weighted by atomic mass is 9.93. The zero-order valence-electron chi connectivity index (χ0n) is 20.8. The number of hydrogen-bond donors (Lipinski definition) is 1. The van der Waals surface area contributed by atoms with Gasteiger partial charge in [-0.2, -0.15) is 13.2 Å². The van der Waals surface area contributed by atoms with Crippen LogP contribution in [0.3, 0.4) is 0 Å². The van der Waals surface area contributed by atoms with Crippen LogP contribution < -0.4 is 11.0 Å². The van der Waals surface area contributed by atoms with Crippen LogP contribution >= 0.6 is 11.6 Å². The summed E-state index contributed by atoms with van der Waals surface area (Å²) in [5, 5.41) is 6.46. The lowest BCUT2D eigenvalue weighted by molar-refractivity contribution is -0.137. The first kappa shape index (κ1) is 26.3. The van der Waals surface area contributed by atoms with Crippen LogP contribution in [-0.4, -0.2) is 32.6 Å². The van der Waals surface area contributed by atoms with Gasteiger partial charge < -0.3 is 9.26 Å². The van der Waals surface area contributed by atoms with Crippen molar-refractivity contribution < 1.29 is 36.8 Å². The predicted octanol–water partition coefficient (Wildman–Crippen LogP) is 4.95. The molecule has 0 aliphatic carbocycles. The highest BCUT2D eigenvalue weighted by Gasteiger charge is 2.47. The molecule has 1 fully saturated rings. The fourth-order valence-corrected chi connectivity index (χ4v) is 5.13. The van der Waals surface area contributed by atoms with Crippen LogP contribution in [0.1, 0.15) is 34.0 Å². The van der Waals surface area contributed by atoms with Crippen molar-refractivity contribution in [2.75, 3.05) is 0 Å². The number of carbonyl (C=O) groups is 3. The molecule has 1 aliphatic rings. The molecule has 3 heterocycles. The molecule has 1 aliphatic heterocycles. The third-order valence-corrected chi connectivity index (χ3v) is 7.24. The van der Waals surface area contributed by atoms with Crippen LogP contribution in [0, 0.1) is 0 Å². The van der Waals surface area contributed by atoms with E-state index in [1.807, 2.05) is 5.32 Å². The second-order valence-electron chi connectivity index (χ2n) is 9.48. The predicted molar refractivity (Wildman–Crippen MR) is 138 cm³/mol. The molecule has 0 spiro atoms. The van der Waals surface area contributed by atoms with Gasteiger partial charge in [0, 0.05) is 16.1 Å². The summed E-state index contributed by atoms with van der Waals surface area (Å²) < 4.78 is 53.7. The van der Waals surface area contributed by atoms with Gasteiger partial charge in [0.25, 0.3) is 5.91 Å². The highest BCUT2D eigenvalue weighted by molar-refractivity contribution is 6.32. The standard InChI is InChI=1S/C27H16ClF3N4O6/c1-26(23(37)32-24(38)40-26)17-8-13(3-6-18(17)28)11-34-20-10-15(27(29,30)31)4-7-19(20)35(25(34)39)22-16-5-2-14(12-36)9-21(16)41-33-22/h2-10,12H,11H2,1H3,(H,32,37,38)/t26-/m1/s1. The number of alkyl halides is 3. The number of benzene rings is 3. The van der Waals surface area contributed by atoms with Crippen molar-refractivity contribution in [2.45, 2.75) is 25.2 Å². The smallest absolute Gasteiger partial charge is 0.416 e. The molecule has 0 unspecified atom stereocenters. The monoisotopic (exact) mass is 584 g/mol. The normalized spacial score (nSPS) is 17.3. The molecule has 0 bridgehead atoms. The van der Waals surface area contributed by atoms with Crippen molar-refractivity contribution in [1.29, 1.82) is 0 Å². The van der Waals surface area contributed by atoms with Gasteiger partial charge >= 0.3 is 18.0 Å². The second-order valence-corrected chi connectivity index (χ2v) is 9.88. The summed E-state index contributed by atoms with van der Waals surface area (Å²) in [5.74, 6) is -0.731. The summed E-state index contributed by atoms with van der Waals surface area (Å²) in [4.78, 5) is 49.2. The molecular weight excluding hydrogens is 569 g/mol. The number of rotatable bonds is 5. The number of aromatic nitrogens is 3. The molecular formula is C27H16ClF3N4O6. The van der Waals surface area contributed by atoms with Crippen molar-refractivity contribution in [1.82, 2.24) is 19.6 Å². The largest absolute Gasteiger partial charge is 0.428 e. The number of carbonyl (C=O) groups excluding carboxylic acids is 3. The van der Waals surface area contributed by atoms with Gasteiger partial charge in [-0.3, -0.25) is 19.5 Å². The molecule has 1 saturated heterocycles. The van der Waals surface area contributed by atoms with E-state index in [9.17, 15) is 32.3 Å². The zero-order valence-corrected chi connectivity index (χ0v) is 21.5. The van der Waals surface area contributed by atoms with Gasteiger partial charge in [0.05, 0.1) is 28.5 Å². The van der Waals surface area contributed by atoms with Crippen molar-refractivity contribution in [2.24, 2.45) is 0 Å². The molecule has 2 amide bonds. The lowest BCUT2D eigenvalue weighted by Crippen LogP contribution is -2.33. The summed E-state index contributed by atoms with van der Waals surface area (Å²) in [6.07, 6.45) is -5.04. The molecule has 1 N–H and O–H groups in total. The molecule has 0 radical (unpaired) electrons. The first-order valence-corrected chi connectivity index (χ1v) is 12.3. The van der Waals surface area contributed by atoms with Crippen LogP contribution in [0.4, 0.5) is 18.0 Å². The molecule has 14 heteroatoms. The molecule has 1 atom stereocenters. The van der Waals surface area contributed by atoms with Gasteiger partial charge in [-0.1, -0.05) is 28.9 Å². The first-order valence-electron chi connectivity index (χ1n) is 11.9. The van der Waals surface area contributed by atoms with E-state index in [4.69, 9.17) is 20.9 Å². The number of nitrogens with one attached hydrogen (secondary N) is 1. The maximum Gasteiger partial charge on any atom is 0.416 e. The molecule has 0 saturated carbocycles. The first-order chi connectivity index (χ1) is 19.4. The Bertz CT molecular complexity index is 1990. The maximum atomic E-state index is 13.8. The average Bonchev–Trinajstić information content (AvgIpc) is 3.54. The van der Waals surface area contributed by atoms with Crippen molar-refractivity contribution in [3.05, 3.63) is 92.4 Å². The molecule has 41 heavy (non-hydrogen) atoms. The molecule has 6 rings (SSSR count). The number of amides is 2. The Balaban J connectivity index is 1.54. The Morgan fingerprint density at radius 3 is 2.51 bits per heavy atom. The number of aldehydes is 1. The van der Waals surface area contributed by atoms with Crippen molar-refractivity contribution >= 4 is 51.9 Å². The van der Waals surface area contributed by atoms with E-state index in [-0.39, 0.29) is 39.6 Å². The topological polar surface area (TPSA) is 125 Å². The number of ether oxygens (including phenoxy) is 1. The van der Waals surface area contributed by atoms with E-state index in [0.717, 1.165) is 27.3 Å². The molecule has 10 nitrogen and oxygen atoms in total. The Kier molecular flexibility index (Phi) is 5.82. The van der Waals surface area contributed by atoms with E-state index >= 15 is 0 Å². The van der Waals surface area contributed by atoms with E-state index in [1.54, 1.807) is 0 Å². The summed E-state index contributed by atoms with van der Waals surface area (Å²) in [5.41, 5.74) is -2.41. The number of nitrogens with zero attached hydrogens (tertiary/aromatic N) is 3. The number of imidazole rings is 1. The fourth-order valence-electron chi connectivity index (χ4n) is 4.83. The number of fused-ring (bicyclic) bond motifs is 2. The van der Waals surface area contributed by atoms with Crippen LogP contribution in [0.25, 0.3) is 27.8 Å². The van der Waals surface area contributed by atoms with E-state index in [2.05, 4.69) is 5.16 Å². The molecule has 2 aromatic heterocycles. The Labute approximate surface area is 231 Å². The third kappa shape index (κ3) is 4.16. The Morgan fingerprint density at radius 1 is 1.05 bits per heavy atom. The molecule has 3 aromatic carbocycles. The van der Waals surface area contributed by atoms with Crippen LogP contribution in [-0.2, 0) is 27.9 Å². The minimum Gasteiger partial charge on any atom is -0.428 e. The van der Waals surface area contributed by atoms with Gasteiger partial charge in [-0.05, 0) is 55.0 Å². The average molecular weight is 585 g/mol. The minimum atomic E-state index is -4.69. The van der Waals surface area contributed by atoms with Crippen LogP contribution in [0.15, 0.2) is 63.9 Å². The van der Waals surface area contributed by atoms with Gasteiger partial charge in [0.1, 0.15) is 6.29 Å². The quantitative estimate of drug-likeness (QED) is 0.290. The van der Waals surface area contributed by atoms with E-state index in [1.165, 1.54) is 43.3 Å². The molecule has 5 aromatic rings. The number of cyclic esters (lactones) is 1. The summed E-state index contributed by atoms with van der Waals surface area (Å²) >= 11 is 6.32. The zero-order chi connectivity index (χ0) is 29.3. The lowest BCUT2D eigenvalue weighted by Gasteiger charge is -2.21. The highest BCUT2D eigenvalue weighted by Crippen LogP contribution is 2.36. The van der Waals surface area contributed by atoms with Gasteiger partial charge in [-0.25, -0.2) is 14.2 Å². The number of alkyl carbamates (subject to hydrolysis) is 1. The van der Waals surface area contributed by atoms with Gasteiger partial charge in [-0.15, -0.1) is 0 Å². The SMILES string of the molecule is C[C@]1(c2cc(Cn3c(=O)n(-c4noc5cc(C=O)ccc45)c4ccc(C(F)(F)F)cc43)ccc2Cl)OC(=O)NC1=O. The summed E-state index contributed by atoms with van der Waals surface area (Å²) in [6.45, 7) is 1.10. The number of imide groups is 1. The summed E-state index contributed by atoms with van der Waals surface area (Å²) in [7, 11) is 0.